The van der Waals surface area contributed by atoms with Crippen molar-refractivity contribution in [2.24, 2.45) is 0 Å². The van der Waals surface area contributed by atoms with Gasteiger partial charge in [0.25, 0.3) is 5.56 Å². The lowest BCUT2D eigenvalue weighted by Gasteiger charge is -2.36. The highest BCUT2D eigenvalue weighted by Gasteiger charge is 2.19. The zero-order valence-electron chi connectivity index (χ0n) is 18.8. The second-order valence-corrected chi connectivity index (χ2v) is 8.28. The van der Waals surface area contributed by atoms with Crippen molar-refractivity contribution in [3.63, 3.8) is 0 Å². The molecule has 0 spiro atoms. The van der Waals surface area contributed by atoms with Gasteiger partial charge in [0.2, 0.25) is 0 Å². The molecule has 7 heteroatoms. The molecule has 2 aromatic carbocycles. The zero-order chi connectivity index (χ0) is 22.3. The fourth-order valence-electron chi connectivity index (χ4n) is 4.33. The van der Waals surface area contributed by atoms with Gasteiger partial charge in [-0.05, 0) is 50.1 Å². The first-order valence-electron chi connectivity index (χ1n) is 11.6. The van der Waals surface area contributed by atoms with Crippen LogP contribution in [0.3, 0.4) is 0 Å². The van der Waals surface area contributed by atoms with Gasteiger partial charge in [0.1, 0.15) is 5.75 Å². The Bertz CT molecular complexity index is 1150. The average Bonchev–Trinajstić information content (AvgIpc) is 2.83. The number of hydrogen-bond donors (Lipinski definition) is 1. The molecule has 1 aromatic heterocycles. The summed E-state index contributed by atoms with van der Waals surface area (Å²) in [5, 5.41) is 0.561. The molecule has 1 aliphatic rings. The minimum Gasteiger partial charge on any atom is -0.491 e. The number of rotatable bonds is 9. The lowest BCUT2D eigenvalue weighted by Crippen LogP contribution is -2.46. The minimum absolute atomic E-state index is 0.318. The molecule has 3 aromatic rings. The van der Waals surface area contributed by atoms with Gasteiger partial charge in [-0.15, -0.1) is 0 Å². The van der Waals surface area contributed by atoms with Crippen molar-refractivity contribution in [3.05, 3.63) is 69.4 Å². The summed E-state index contributed by atoms with van der Waals surface area (Å²) in [6.45, 7) is 8.48. The lowest BCUT2D eigenvalue weighted by molar-refractivity contribution is 0.249. The van der Waals surface area contributed by atoms with Gasteiger partial charge in [-0.1, -0.05) is 31.2 Å². The van der Waals surface area contributed by atoms with Gasteiger partial charge in [-0.2, -0.15) is 0 Å². The van der Waals surface area contributed by atoms with Crippen molar-refractivity contribution in [1.82, 2.24) is 14.5 Å². The molecule has 0 saturated carbocycles. The van der Waals surface area contributed by atoms with E-state index in [2.05, 4.69) is 39.9 Å². The molecule has 1 fully saturated rings. The van der Waals surface area contributed by atoms with Gasteiger partial charge < -0.3 is 9.64 Å². The van der Waals surface area contributed by atoms with Gasteiger partial charge in [-0.3, -0.25) is 19.2 Å². The van der Waals surface area contributed by atoms with Crippen molar-refractivity contribution in [2.75, 3.05) is 44.2 Å². The Labute approximate surface area is 188 Å². The van der Waals surface area contributed by atoms with E-state index in [0.29, 0.717) is 17.4 Å². The highest BCUT2D eigenvalue weighted by molar-refractivity contribution is 5.77. The molecule has 0 amide bonds. The number of benzene rings is 2. The van der Waals surface area contributed by atoms with Crippen LogP contribution in [0.25, 0.3) is 10.9 Å². The summed E-state index contributed by atoms with van der Waals surface area (Å²) in [5.41, 5.74) is 1.25. The number of aryl methyl sites for hydroxylation is 1. The number of piperazine rings is 1. The second-order valence-electron chi connectivity index (χ2n) is 8.28. The number of fused-ring (bicyclic) bond motifs is 1. The third-order valence-corrected chi connectivity index (χ3v) is 6.05. The van der Waals surface area contributed by atoms with Crippen LogP contribution in [-0.2, 0) is 6.54 Å². The highest BCUT2D eigenvalue weighted by Crippen LogP contribution is 2.29. The molecule has 0 atom stereocenters. The number of aromatic nitrogens is 2. The predicted molar refractivity (Wildman–Crippen MR) is 129 cm³/mol. The third kappa shape index (κ3) is 5.05. The Morgan fingerprint density at radius 1 is 0.906 bits per heavy atom. The third-order valence-electron chi connectivity index (χ3n) is 6.05. The molecule has 0 bridgehead atoms. The molecule has 2 heterocycles. The number of nitrogens with zero attached hydrogens (tertiary/aromatic N) is 3. The number of anilines is 1. The van der Waals surface area contributed by atoms with Crippen LogP contribution in [0.2, 0.25) is 0 Å². The van der Waals surface area contributed by atoms with Crippen LogP contribution < -0.4 is 20.9 Å². The Morgan fingerprint density at radius 3 is 2.44 bits per heavy atom. The van der Waals surface area contributed by atoms with Crippen LogP contribution in [0.15, 0.2) is 58.1 Å². The van der Waals surface area contributed by atoms with E-state index < -0.39 is 0 Å². The molecule has 7 nitrogen and oxygen atoms in total. The molecule has 1 aliphatic heterocycles. The van der Waals surface area contributed by atoms with Gasteiger partial charge in [-0.25, -0.2) is 4.79 Å². The molecule has 0 aliphatic carbocycles. The van der Waals surface area contributed by atoms with Crippen LogP contribution in [0, 0.1) is 0 Å². The zero-order valence-corrected chi connectivity index (χ0v) is 18.8. The number of ether oxygens (including phenoxy) is 1. The van der Waals surface area contributed by atoms with E-state index in [1.807, 2.05) is 24.3 Å². The molecule has 4 rings (SSSR count). The quantitative estimate of drug-likeness (QED) is 0.522. The smallest absolute Gasteiger partial charge is 0.328 e. The largest absolute Gasteiger partial charge is 0.491 e. The van der Waals surface area contributed by atoms with Crippen LogP contribution >= 0.6 is 0 Å². The molecule has 32 heavy (non-hydrogen) atoms. The minimum atomic E-state index is -0.328. The monoisotopic (exact) mass is 436 g/mol. The van der Waals surface area contributed by atoms with E-state index in [-0.39, 0.29) is 11.2 Å². The number of aromatic amines is 1. The van der Waals surface area contributed by atoms with Crippen molar-refractivity contribution >= 4 is 16.6 Å². The second kappa shape index (κ2) is 10.5. The SMILES string of the molecule is CCCOc1ccccc1N1CCN(CCCCn2c(=O)[nH]c(=O)c3ccccc32)CC1. The summed E-state index contributed by atoms with van der Waals surface area (Å²) in [7, 11) is 0. The van der Waals surface area contributed by atoms with Gasteiger partial charge >= 0.3 is 5.69 Å². The topological polar surface area (TPSA) is 70.6 Å². The van der Waals surface area contributed by atoms with Crippen molar-refractivity contribution in [3.8, 4) is 5.75 Å². The summed E-state index contributed by atoms with van der Waals surface area (Å²) < 4.78 is 7.61. The highest BCUT2D eigenvalue weighted by atomic mass is 16.5. The van der Waals surface area contributed by atoms with Gasteiger partial charge in [0.15, 0.2) is 0 Å². The summed E-state index contributed by atoms with van der Waals surface area (Å²) in [5.74, 6) is 0.973. The lowest BCUT2D eigenvalue weighted by atomic mass is 10.2. The van der Waals surface area contributed by atoms with Crippen LogP contribution in [0.4, 0.5) is 5.69 Å². The van der Waals surface area contributed by atoms with Crippen molar-refractivity contribution < 1.29 is 4.74 Å². The molecule has 1 saturated heterocycles. The first-order chi connectivity index (χ1) is 15.7. The maximum atomic E-state index is 12.3. The van der Waals surface area contributed by atoms with Crippen LogP contribution in [0.1, 0.15) is 26.2 Å². The summed E-state index contributed by atoms with van der Waals surface area (Å²) in [4.78, 5) is 31.6. The van der Waals surface area contributed by atoms with E-state index in [1.54, 1.807) is 10.6 Å². The van der Waals surface area contributed by atoms with E-state index in [9.17, 15) is 9.59 Å². The number of unbranched alkanes of at least 4 members (excludes halogenated alkanes) is 1. The first kappa shape index (κ1) is 22.1. The Balaban J connectivity index is 1.28. The summed E-state index contributed by atoms with van der Waals surface area (Å²) in [6.07, 6.45) is 2.91. The fraction of sp³-hybridized carbons (Fsp3) is 0.440. The Hall–Kier alpha value is -3.06. The number of nitrogens with one attached hydrogen (secondary N) is 1. The van der Waals surface area contributed by atoms with E-state index in [0.717, 1.165) is 64.3 Å². The number of hydrogen-bond acceptors (Lipinski definition) is 5. The van der Waals surface area contributed by atoms with Crippen LogP contribution in [-0.4, -0.2) is 53.8 Å². The molecular formula is C25H32N4O3. The standard InChI is InChI=1S/C25H32N4O3/c1-2-19-32-23-12-6-5-11-22(23)28-17-15-27(16-18-28)13-7-8-14-29-21-10-4-3-9-20(21)24(30)26-25(29)31/h3-6,9-12H,2,7-8,13-19H2,1H3,(H,26,30,31). The number of para-hydroxylation sites is 3. The van der Waals surface area contributed by atoms with Gasteiger partial charge in [0.05, 0.1) is 23.2 Å². The van der Waals surface area contributed by atoms with Gasteiger partial charge in [0, 0.05) is 32.7 Å². The molecular weight excluding hydrogens is 404 g/mol. The van der Waals surface area contributed by atoms with E-state index in [1.165, 1.54) is 5.69 Å². The summed E-state index contributed by atoms with van der Waals surface area (Å²) in [6, 6.07) is 15.6. The predicted octanol–water partition coefficient (Wildman–Crippen LogP) is 3.08. The Kier molecular flexibility index (Phi) is 7.27. The average molecular weight is 437 g/mol. The molecule has 1 N–H and O–H groups in total. The van der Waals surface area contributed by atoms with Crippen LogP contribution in [0.5, 0.6) is 5.75 Å². The maximum Gasteiger partial charge on any atom is 0.328 e. The van der Waals surface area contributed by atoms with E-state index in [4.69, 9.17) is 4.74 Å². The molecule has 170 valence electrons. The Morgan fingerprint density at radius 2 is 1.62 bits per heavy atom. The molecule has 0 unspecified atom stereocenters. The first-order valence-corrected chi connectivity index (χ1v) is 11.6. The van der Waals surface area contributed by atoms with E-state index >= 15 is 0 Å². The maximum absolute atomic E-state index is 12.3. The number of H-pyrrole nitrogens is 1. The fourth-order valence-corrected chi connectivity index (χ4v) is 4.33. The molecule has 0 radical (unpaired) electrons. The van der Waals surface area contributed by atoms with Crippen molar-refractivity contribution in [2.45, 2.75) is 32.7 Å². The van der Waals surface area contributed by atoms with Crippen molar-refractivity contribution in [1.29, 1.82) is 0 Å². The normalized spacial score (nSPS) is 14.7. The summed E-state index contributed by atoms with van der Waals surface area (Å²) >= 11 is 0.